The average molecular weight is 255 g/mol. The van der Waals surface area contributed by atoms with Crippen molar-refractivity contribution < 1.29 is 4.42 Å². The fourth-order valence-corrected chi connectivity index (χ4v) is 2.40. The second-order valence-electron chi connectivity index (χ2n) is 4.58. The summed E-state index contributed by atoms with van der Waals surface area (Å²) >= 11 is 0. The van der Waals surface area contributed by atoms with Gasteiger partial charge in [0.25, 0.3) is 5.89 Å². The smallest absolute Gasteiger partial charge is 0.264 e. The van der Waals surface area contributed by atoms with Crippen molar-refractivity contribution >= 4 is 10.9 Å². The molecule has 0 amide bonds. The fraction of sp³-hybridized carbons (Fsp3) is 0.333. The van der Waals surface area contributed by atoms with Crippen molar-refractivity contribution in [2.24, 2.45) is 0 Å². The SMILES string of the molecule is CCCc1nnc(-c2cc3ccccc3n2CC)o1. The summed E-state index contributed by atoms with van der Waals surface area (Å²) in [5.74, 6) is 1.33. The molecule has 0 saturated heterocycles. The molecular weight excluding hydrogens is 238 g/mol. The molecule has 0 spiro atoms. The predicted octanol–water partition coefficient (Wildman–Crippen LogP) is 3.66. The van der Waals surface area contributed by atoms with Gasteiger partial charge in [-0.3, -0.25) is 0 Å². The maximum atomic E-state index is 5.74. The summed E-state index contributed by atoms with van der Waals surface area (Å²) in [6.07, 6.45) is 1.84. The first kappa shape index (κ1) is 12.0. The normalized spacial score (nSPS) is 11.3. The molecule has 0 saturated carbocycles. The number of hydrogen-bond donors (Lipinski definition) is 0. The lowest BCUT2D eigenvalue weighted by Gasteiger charge is -2.03. The highest BCUT2D eigenvalue weighted by atomic mass is 16.4. The summed E-state index contributed by atoms with van der Waals surface area (Å²) in [4.78, 5) is 0. The quantitative estimate of drug-likeness (QED) is 0.714. The summed E-state index contributed by atoms with van der Waals surface area (Å²) in [6, 6.07) is 10.4. The van der Waals surface area contributed by atoms with E-state index in [0.717, 1.165) is 25.1 Å². The summed E-state index contributed by atoms with van der Waals surface area (Å²) in [5, 5.41) is 9.47. The maximum absolute atomic E-state index is 5.74. The number of benzene rings is 1. The largest absolute Gasteiger partial charge is 0.419 e. The van der Waals surface area contributed by atoms with E-state index in [0.29, 0.717) is 11.8 Å². The minimum atomic E-state index is 0.613. The van der Waals surface area contributed by atoms with E-state index in [-0.39, 0.29) is 0 Å². The summed E-state index contributed by atoms with van der Waals surface area (Å²) < 4.78 is 7.95. The summed E-state index contributed by atoms with van der Waals surface area (Å²) in [6.45, 7) is 5.11. The lowest BCUT2D eigenvalue weighted by molar-refractivity contribution is 0.498. The van der Waals surface area contributed by atoms with E-state index < -0.39 is 0 Å². The van der Waals surface area contributed by atoms with Crippen molar-refractivity contribution in [1.82, 2.24) is 14.8 Å². The number of hydrogen-bond acceptors (Lipinski definition) is 3. The number of rotatable bonds is 4. The first-order chi connectivity index (χ1) is 9.33. The van der Waals surface area contributed by atoms with Crippen LogP contribution < -0.4 is 0 Å². The van der Waals surface area contributed by atoms with E-state index in [9.17, 15) is 0 Å². The zero-order valence-corrected chi connectivity index (χ0v) is 11.3. The van der Waals surface area contributed by atoms with Gasteiger partial charge in [0.1, 0.15) is 5.69 Å². The Labute approximate surface area is 112 Å². The van der Waals surface area contributed by atoms with Crippen molar-refractivity contribution in [3.8, 4) is 11.6 Å². The van der Waals surface area contributed by atoms with Crippen LogP contribution in [-0.2, 0) is 13.0 Å². The lowest BCUT2D eigenvalue weighted by atomic mass is 10.2. The molecule has 0 atom stereocenters. The Bertz CT molecular complexity index is 696. The molecule has 0 aliphatic heterocycles. The molecular formula is C15H17N3O. The minimum Gasteiger partial charge on any atom is -0.419 e. The van der Waals surface area contributed by atoms with Crippen molar-refractivity contribution in [3.05, 3.63) is 36.2 Å². The number of aromatic nitrogens is 3. The summed E-state index contributed by atoms with van der Waals surface area (Å²) in [5.41, 5.74) is 2.20. The Morgan fingerprint density at radius 2 is 2.00 bits per heavy atom. The van der Waals surface area contributed by atoms with Gasteiger partial charge in [-0.05, 0) is 25.5 Å². The zero-order chi connectivity index (χ0) is 13.2. The van der Waals surface area contributed by atoms with Gasteiger partial charge in [-0.1, -0.05) is 25.1 Å². The van der Waals surface area contributed by atoms with Crippen LogP contribution in [0.15, 0.2) is 34.7 Å². The van der Waals surface area contributed by atoms with E-state index in [1.165, 1.54) is 10.9 Å². The van der Waals surface area contributed by atoms with E-state index in [1.54, 1.807) is 0 Å². The molecule has 0 aliphatic rings. The van der Waals surface area contributed by atoms with Crippen molar-refractivity contribution in [2.45, 2.75) is 33.2 Å². The molecule has 0 fully saturated rings. The lowest BCUT2D eigenvalue weighted by Crippen LogP contribution is -1.96. The zero-order valence-electron chi connectivity index (χ0n) is 11.3. The van der Waals surface area contributed by atoms with Gasteiger partial charge < -0.3 is 8.98 Å². The average Bonchev–Trinajstić information content (AvgIpc) is 3.02. The first-order valence-electron chi connectivity index (χ1n) is 6.74. The molecule has 0 unspecified atom stereocenters. The topological polar surface area (TPSA) is 43.9 Å². The third-order valence-corrected chi connectivity index (χ3v) is 3.28. The summed E-state index contributed by atoms with van der Waals surface area (Å²) in [7, 11) is 0. The van der Waals surface area contributed by atoms with Gasteiger partial charge in [0.05, 0.1) is 0 Å². The third kappa shape index (κ3) is 2.03. The highest BCUT2D eigenvalue weighted by Crippen LogP contribution is 2.27. The fourth-order valence-electron chi connectivity index (χ4n) is 2.40. The standard InChI is InChI=1S/C15H17N3O/c1-3-7-14-16-17-15(19-14)13-10-11-8-5-6-9-12(11)18(13)4-2/h5-6,8-10H,3-4,7H2,1-2H3. The Morgan fingerprint density at radius 3 is 2.79 bits per heavy atom. The van der Waals surface area contributed by atoms with Crippen LogP contribution in [0.2, 0.25) is 0 Å². The molecule has 98 valence electrons. The van der Waals surface area contributed by atoms with Crippen LogP contribution >= 0.6 is 0 Å². The molecule has 2 heterocycles. The monoisotopic (exact) mass is 255 g/mol. The number of para-hydroxylation sites is 1. The van der Waals surface area contributed by atoms with Gasteiger partial charge in [0, 0.05) is 23.9 Å². The molecule has 1 aromatic carbocycles. The van der Waals surface area contributed by atoms with Gasteiger partial charge in [-0.15, -0.1) is 10.2 Å². The number of fused-ring (bicyclic) bond motifs is 1. The highest BCUT2D eigenvalue weighted by molar-refractivity contribution is 5.85. The van der Waals surface area contributed by atoms with Crippen LogP contribution in [0.5, 0.6) is 0 Å². The second-order valence-corrected chi connectivity index (χ2v) is 4.58. The van der Waals surface area contributed by atoms with E-state index >= 15 is 0 Å². The molecule has 4 nitrogen and oxygen atoms in total. The van der Waals surface area contributed by atoms with Crippen LogP contribution in [0.1, 0.15) is 26.2 Å². The van der Waals surface area contributed by atoms with E-state index in [2.05, 4.69) is 52.9 Å². The van der Waals surface area contributed by atoms with Gasteiger partial charge in [0.15, 0.2) is 0 Å². The van der Waals surface area contributed by atoms with Gasteiger partial charge in [0.2, 0.25) is 5.89 Å². The van der Waals surface area contributed by atoms with Crippen LogP contribution in [0.25, 0.3) is 22.5 Å². The third-order valence-electron chi connectivity index (χ3n) is 3.28. The molecule has 19 heavy (non-hydrogen) atoms. The van der Waals surface area contributed by atoms with Gasteiger partial charge in [-0.2, -0.15) is 0 Å². The Hall–Kier alpha value is -2.10. The van der Waals surface area contributed by atoms with E-state index in [1.807, 2.05) is 6.07 Å². The maximum Gasteiger partial charge on any atom is 0.264 e. The molecule has 4 heteroatoms. The molecule has 3 rings (SSSR count). The molecule has 2 aromatic heterocycles. The molecule has 0 N–H and O–H groups in total. The molecule has 0 aliphatic carbocycles. The van der Waals surface area contributed by atoms with Crippen LogP contribution in [0, 0.1) is 0 Å². The molecule has 0 radical (unpaired) electrons. The first-order valence-corrected chi connectivity index (χ1v) is 6.74. The van der Waals surface area contributed by atoms with Crippen LogP contribution in [0.3, 0.4) is 0 Å². The molecule has 3 aromatic rings. The second kappa shape index (κ2) is 4.88. The van der Waals surface area contributed by atoms with Crippen LogP contribution in [-0.4, -0.2) is 14.8 Å². The van der Waals surface area contributed by atoms with Crippen molar-refractivity contribution in [2.75, 3.05) is 0 Å². The van der Waals surface area contributed by atoms with Crippen molar-refractivity contribution in [1.29, 1.82) is 0 Å². The van der Waals surface area contributed by atoms with Gasteiger partial charge >= 0.3 is 0 Å². The van der Waals surface area contributed by atoms with E-state index in [4.69, 9.17) is 4.42 Å². The molecule has 0 bridgehead atoms. The Kier molecular flexibility index (Phi) is 3.07. The highest BCUT2D eigenvalue weighted by Gasteiger charge is 2.14. The Morgan fingerprint density at radius 1 is 1.16 bits per heavy atom. The Balaban J connectivity index is 2.12. The number of nitrogens with zero attached hydrogens (tertiary/aromatic N) is 3. The van der Waals surface area contributed by atoms with Gasteiger partial charge in [-0.25, -0.2) is 0 Å². The van der Waals surface area contributed by atoms with Crippen LogP contribution in [0.4, 0.5) is 0 Å². The van der Waals surface area contributed by atoms with Crippen molar-refractivity contribution in [3.63, 3.8) is 0 Å². The number of aryl methyl sites for hydroxylation is 2. The predicted molar refractivity (Wildman–Crippen MR) is 74.9 cm³/mol. The minimum absolute atomic E-state index is 0.613.